The van der Waals surface area contributed by atoms with E-state index in [4.69, 9.17) is 0 Å². The molecule has 2 amide bonds. The highest BCUT2D eigenvalue weighted by molar-refractivity contribution is 5.96. The van der Waals surface area contributed by atoms with E-state index in [1.54, 1.807) is 12.1 Å². The predicted molar refractivity (Wildman–Crippen MR) is 118 cm³/mol. The van der Waals surface area contributed by atoms with Crippen LogP contribution in [0.25, 0.3) is 0 Å². The van der Waals surface area contributed by atoms with E-state index < -0.39 is 36.0 Å². The second-order valence-electron chi connectivity index (χ2n) is 7.60. The molecule has 2 aromatic carbocycles. The first-order valence-electron chi connectivity index (χ1n) is 10.8. The Morgan fingerprint density at radius 2 is 1.94 bits per heavy atom. The summed E-state index contributed by atoms with van der Waals surface area (Å²) in [5, 5.41) is 23.8. The van der Waals surface area contributed by atoms with Crippen molar-refractivity contribution in [3.63, 3.8) is 0 Å². The second-order valence-corrected chi connectivity index (χ2v) is 7.60. The lowest BCUT2D eigenvalue weighted by atomic mass is 10.0. The lowest BCUT2D eigenvalue weighted by molar-refractivity contribution is -0.274. The van der Waals surface area contributed by atoms with Crippen molar-refractivity contribution in [2.75, 3.05) is 19.6 Å². The number of alkyl halides is 3. The first-order valence-corrected chi connectivity index (χ1v) is 10.8. The number of rotatable bonds is 9. The summed E-state index contributed by atoms with van der Waals surface area (Å²) in [5.41, 5.74) is 1.50. The van der Waals surface area contributed by atoms with Crippen LogP contribution in [0.15, 0.2) is 58.9 Å². The molecule has 0 aromatic heterocycles. The molecule has 0 spiro atoms. The average molecular weight is 488 g/mol. The van der Waals surface area contributed by atoms with Crippen LogP contribution in [0.2, 0.25) is 0 Å². The van der Waals surface area contributed by atoms with Gasteiger partial charge in [0.25, 0.3) is 5.91 Å². The zero-order valence-corrected chi connectivity index (χ0v) is 18.7. The van der Waals surface area contributed by atoms with Crippen LogP contribution in [0.5, 0.6) is 5.75 Å². The SMILES string of the molecule is CCc1ccc(C(C#N)NC(=O)C2CN(CCNC(=O)c3ccccc3OC(F)(F)F)N=N2)cc1. The van der Waals surface area contributed by atoms with Gasteiger partial charge in [0.2, 0.25) is 5.91 Å². The number of amides is 2. The zero-order chi connectivity index (χ0) is 25.4. The molecule has 12 heteroatoms. The third-order valence-electron chi connectivity index (χ3n) is 5.15. The molecule has 2 N–H and O–H groups in total. The fraction of sp³-hybridized carbons (Fsp3) is 0.348. The molecule has 3 rings (SSSR count). The number of carbonyl (C=O) groups is 2. The number of nitrogens with zero attached hydrogens (tertiary/aromatic N) is 4. The summed E-state index contributed by atoms with van der Waals surface area (Å²) in [6.45, 7) is 2.35. The molecule has 9 nitrogen and oxygen atoms in total. The predicted octanol–water partition coefficient (Wildman–Crippen LogP) is 3.31. The Morgan fingerprint density at radius 1 is 1.23 bits per heavy atom. The smallest absolute Gasteiger partial charge is 0.405 e. The number of nitrogens with one attached hydrogen (secondary N) is 2. The molecule has 2 aromatic rings. The van der Waals surface area contributed by atoms with Gasteiger partial charge in [0, 0.05) is 6.54 Å². The summed E-state index contributed by atoms with van der Waals surface area (Å²) in [4.78, 5) is 24.9. The van der Waals surface area contributed by atoms with E-state index in [1.807, 2.05) is 19.1 Å². The van der Waals surface area contributed by atoms with Crippen LogP contribution in [-0.2, 0) is 11.2 Å². The number of para-hydroxylation sites is 1. The molecule has 1 aliphatic heterocycles. The minimum absolute atomic E-state index is 0.0388. The summed E-state index contributed by atoms with van der Waals surface area (Å²) in [6, 6.07) is 12.8. The van der Waals surface area contributed by atoms with E-state index in [0.717, 1.165) is 18.1 Å². The molecule has 0 fully saturated rings. The molecule has 1 aliphatic rings. The van der Waals surface area contributed by atoms with Crippen molar-refractivity contribution >= 4 is 11.8 Å². The van der Waals surface area contributed by atoms with Crippen LogP contribution in [0.3, 0.4) is 0 Å². The minimum atomic E-state index is -4.93. The summed E-state index contributed by atoms with van der Waals surface area (Å²) < 4.78 is 41.5. The first kappa shape index (κ1) is 25.5. The number of halogens is 3. The lowest BCUT2D eigenvalue weighted by Gasteiger charge is -2.17. The van der Waals surface area contributed by atoms with Crippen molar-refractivity contribution in [2.45, 2.75) is 31.8 Å². The van der Waals surface area contributed by atoms with Crippen LogP contribution in [0.4, 0.5) is 13.2 Å². The van der Waals surface area contributed by atoms with Gasteiger partial charge in [0.05, 0.1) is 24.7 Å². The normalized spacial score (nSPS) is 15.9. The van der Waals surface area contributed by atoms with Crippen molar-refractivity contribution in [3.8, 4) is 11.8 Å². The Bertz CT molecular complexity index is 1110. The highest BCUT2D eigenvalue weighted by Crippen LogP contribution is 2.26. The van der Waals surface area contributed by atoms with Gasteiger partial charge >= 0.3 is 6.36 Å². The quantitative estimate of drug-likeness (QED) is 0.561. The molecular formula is C23H23F3N6O3. The Morgan fingerprint density at radius 3 is 2.60 bits per heavy atom. The van der Waals surface area contributed by atoms with Crippen LogP contribution >= 0.6 is 0 Å². The number of ether oxygens (including phenoxy) is 1. The largest absolute Gasteiger partial charge is 0.573 e. The molecule has 2 atom stereocenters. The van der Waals surface area contributed by atoms with E-state index in [-0.39, 0.29) is 25.2 Å². The molecule has 0 radical (unpaired) electrons. The molecule has 2 unspecified atom stereocenters. The van der Waals surface area contributed by atoms with Gasteiger partial charge in [0.15, 0.2) is 6.04 Å². The first-order chi connectivity index (χ1) is 16.7. The highest BCUT2D eigenvalue weighted by atomic mass is 19.4. The molecule has 35 heavy (non-hydrogen) atoms. The summed E-state index contributed by atoms with van der Waals surface area (Å²) >= 11 is 0. The summed E-state index contributed by atoms with van der Waals surface area (Å²) in [7, 11) is 0. The van der Waals surface area contributed by atoms with Crippen molar-refractivity contribution in [2.24, 2.45) is 10.3 Å². The second kappa shape index (κ2) is 11.3. The van der Waals surface area contributed by atoms with Gasteiger partial charge in [0.1, 0.15) is 11.8 Å². The van der Waals surface area contributed by atoms with E-state index in [2.05, 4.69) is 31.8 Å². The van der Waals surface area contributed by atoms with Gasteiger partial charge in [-0.2, -0.15) is 10.4 Å². The number of hydrogen-bond donors (Lipinski definition) is 2. The topological polar surface area (TPSA) is 119 Å². The lowest BCUT2D eigenvalue weighted by Crippen LogP contribution is -2.40. The van der Waals surface area contributed by atoms with Gasteiger partial charge in [-0.15, -0.1) is 13.2 Å². The Balaban J connectivity index is 1.47. The van der Waals surface area contributed by atoms with E-state index >= 15 is 0 Å². The molecule has 0 aliphatic carbocycles. The third kappa shape index (κ3) is 7.17. The van der Waals surface area contributed by atoms with Gasteiger partial charge < -0.3 is 15.4 Å². The summed E-state index contributed by atoms with van der Waals surface area (Å²) in [6.07, 6.45) is -4.07. The standard InChI is InChI=1S/C23H23F3N6O3/c1-2-15-7-9-16(10-8-15)18(13-27)29-22(34)19-14-32(31-30-19)12-11-28-21(33)17-5-3-4-6-20(17)35-23(24,25)26/h3-10,18-19H,2,11-12,14H2,1H3,(H,28,33)(H,29,34). The maximum atomic E-state index is 12.6. The van der Waals surface area contributed by atoms with Crippen LogP contribution < -0.4 is 15.4 Å². The summed E-state index contributed by atoms with van der Waals surface area (Å²) in [5.74, 6) is -1.82. The number of benzene rings is 2. The van der Waals surface area contributed by atoms with Crippen LogP contribution in [-0.4, -0.2) is 48.9 Å². The van der Waals surface area contributed by atoms with Crippen LogP contribution in [0, 0.1) is 11.3 Å². The maximum Gasteiger partial charge on any atom is 0.573 e. The van der Waals surface area contributed by atoms with Gasteiger partial charge in [-0.25, -0.2) is 0 Å². The van der Waals surface area contributed by atoms with Crippen molar-refractivity contribution in [1.82, 2.24) is 15.6 Å². The maximum absolute atomic E-state index is 12.6. The molecular weight excluding hydrogens is 465 g/mol. The van der Waals surface area contributed by atoms with Crippen molar-refractivity contribution in [1.29, 1.82) is 5.26 Å². The zero-order valence-electron chi connectivity index (χ0n) is 18.7. The fourth-order valence-electron chi connectivity index (χ4n) is 3.32. The van der Waals surface area contributed by atoms with E-state index in [0.29, 0.717) is 5.56 Å². The monoisotopic (exact) mass is 488 g/mol. The van der Waals surface area contributed by atoms with Gasteiger partial charge in [-0.05, 0) is 29.7 Å². The molecule has 0 bridgehead atoms. The highest BCUT2D eigenvalue weighted by Gasteiger charge is 2.33. The molecule has 0 saturated carbocycles. The fourth-order valence-corrected chi connectivity index (χ4v) is 3.32. The molecule has 1 heterocycles. The van der Waals surface area contributed by atoms with Crippen molar-refractivity contribution in [3.05, 3.63) is 65.2 Å². The molecule has 184 valence electrons. The number of aryl methyl sites for hydroxylation is 1. The Hall–Kier alpha value is -4.14. The Labute approximate surface area is 199 Å². The number of carbonyl (C=O) groups excluding carboxylic acids is 2. The van der Waals surface area contributed by atoms with Crippen molar-refractivity contribution < 1.29 is 27.5 Å². The minimum Gasteiger partial charge on any atom is -0.405 e. The Kier molecular flexibility index (Phi) is 8.25. The van der Waals surface area contributed by atoms with Gasteiger partial charge in [-0.1, -0.05) is 48.5 Å². The number of hydrogen-bond acceptors (Lipinski definition) is 7. The average Bonchev–Trinajstić information content (AvgIpc) is 3.31. The number of nitriles is 1. The van der Waals surface area contributed by atoms with Crippen LogP contribution in [0.1, 0.15) is 34.5 Å². The van der Waals surface area contributed by atoms with Gasteiger partial charge in [-0.3, -0.25) is 14.6 Å². The van der Waals surface area contributed by atoms with E-state index in [9.17, 15) is 28.0 Å². The molecule has 0 saturated heterocycles. The third-order valence-corrected chi connectivity index (χ3v) is 5.15. The van der Waals surface area contributed by atoms with E-state index in [1.165, 1.54) is 23.2 Å².